The molecular formula is C35H38N2O2S. The highest BCUT2D eigenvalue weighted by molar-refractivity contribution is 7.17. The van der Waals surface area contributed by atoms with Crippen LogP contribution in [0.5, 0.6) is 0 Å². The summed E-state index contributed by atoms with van der Waals surface area (Å²) in [6.07, 6.45) is 14.0. The molecule has 4 nitrogen and oxygen atoms in total. The fourth-order valence-electron chi connectivity index (χ4n) is 7.07. The smallest absolute Gasteiger partial charge is 0.264 e. The molecule has 40 heavy (non-hydrogen) atoms. The molecular weight excluding hydrogens is 512 g/mol. The Bertz CT molecular complexity index is 1420. The molecule has 3 aliphatic rings. The first-order chi connectivity index (χ1) is 19.6. The number of carbonyl (C=O) groups excluding carboxylic acids is 2. The Morgan fingerprint density at radius 2 is 1.80 bits per heavy atom. The summed E-state index contributed by atoms with van der Waals surface area (Å²) in [5.41, 5.74) is 4.48. The van der Waals surface area contributed by atoms with Crippen molar-refractivity contribution >= 4 is 23.2 Å². The Hall–Kier alpha value is -3.44. The molecule has 206 valence electrons. The van der Waals surface area contributed by atoms with E-state index in [2.05, 4.69) is 49.1 Å². The molecule has 2 aliphatic heterocycles. The van der Waals surface area contributed by atoms with E-state index in [1.165, 1.54) is 43.2 Å². The summed E-state index contributed by atoms with van der Waals surface area (Å²) < 4.78 is 0. The number of allylic oxidation sites excluding steroid dienone is 1. The molecule has 0 radical (unpaired) electrons. The van der Waals surface area contributed by atoms with Gasteiger partial charge < -0.3 is 9.80 Å². The van der Waals surface area contributed by atoms with Crippen LogP contribution in [0.4, 0.5) is 0 Å². The minimum atomic E-state index is -0.0460. The highest BCUT2D eigenvalue weighted by Gasteiger charge is 2.46. The highest BCUT2D eigenvalue weighted by Crippen LogP contribution is 2.44. The lowest BCUT2D eigenvalue weighted by Crippen LogP contribution is -2.51. The first-order valence-corrected chi connectivity index (χ1v) is 15.6. The van der Waals surface area contributed by atoms with Crippen LogP contribution in [0.1, 0.15) is 95.0 Å². The maximum Gasteiger partial charge on any atom is 0.264 e. The van der Waals surface area contributed by atoms with Gasteiger partial charge in [0.25, 0.3) is 11.8 Å². The molecule has 3 aromatic rings. The number of fused-ring (bicyclic) bond motifs is 3. The number of piperidine rings is 1. The molecule has 0 unspecified atom stereocenters. The number of carbonyl (C=O) groups is 2. The average Bonchev–Trinajstić information content (AvgIpc) is 3.60. The van der Waals surface area contributed by atoms with Crippen LogP contribution >= 0.6 is 11.3 Å². The lowest BCUT2D eigenvalue weighted by atomic mass is 9.84. The van der Waals surface area contributed by atoms with Gasteiger partial charge in [-0.25, -0.2) is 0 Å². The van der Waals surface area contributed by atoms with Crippen LogP contribution in [0, 0.1) is 0 Å². The van der Waals surface area contributed by atoms with Crippen molar-refractivity contribution in [1.82, 2.24) is 9.80 Å². The molecule has 6 rings (SSSR count). The predicted octanol–water partition coefficient (Wildman–Crippen LogP) is 8.40. The fourth-order valence-corrected chi connectivity index (χ4v) is 8.04. The summed E-state index contributed by atoms with van der Waals surface area (Å²) >= 11 is 1.57. The minimum Gasteiger partial charge on any atom is -0.331 e. The zero-order chi connectivity index (χ0) is 27.6. The van der Waals surface area contributed by atoms with Crippen molar-refractivity contribution in [1.29, 1.82) is 0 Å². The third kappa shape index (κ3) is 4.96. The Kier molecular flexibility index (Phi) is 7.75. The molecule has 3 heterocycles. The van der Waals surface area contributed by atoms with E-state index in [-0.39, 0.29) is 29.9 Å². The Labute approximate surface area is 242 Å². The van der Waals surface area contributed by atoms with Crippen molar-refractivity contribution in [2.75, 3.05) is 6.54 Å². The summed E-state index contributed by atoms with van der Waals surface area (Å²) in [7, 11) is 0. The Morgan fingerprint density at radius 1 is 1.02 bits per heavy atom. The van der Waals surface area contributed by atoms with Gasteiger partial charge in [0, 0.05) is 23.0 Å². The van der Waals surface area contributed by atoms with Crippen LogP contribution in [-0.2, 0) is 0 Å². The van der Waals surface area contributed by atoms with E-state index in [9.17, 15) is 9.59 Å². The van der Waals surface area contributed by atoms with Gasteiger partial charge in [0.1, 0.15) is 0 Å². The van der Waals surface area contributed by atoms with Crippen molar-refractivity contribution in [3.63, 3.8) is 0 Å². The van der Waals surface area contributed by atoms with E-state index in [0.29, 0.717) is 12.5 Å². The zero-order valence-corrected chi connectivity index (χ0v) is 24.1. The van der Waals surface area contributed by atoms with Crippen LogP contribution in [0.15, 0.2) is 85.5 Å². The Morgan fingerprint density at radius 3 is 2.55 bits per heavy atom. The van der Waals surface area contributed by atoms with Gasteiger partial charge in [-0.15, -0.1) is 17.9 Å². The standard InChI is InChI=1S/C35H38N2O2S/c1-3-10-27-22-28(23-31-29-13-8-9-14-30(29)34(38)37(27)31)36(21-4-2)35(39)33-20-19-32(40-33)26-17-15-25(16-18-26)24-11-6-5-7-12-24/h3-4,8-10,13-20,24,27-28,31H,2,5-7,11-12,21-23H2,1H3/b10-3+/t27-,28+,31+/m1/s1. The first kappa shape index (κ1) is 26.8. The molecule has 2 aromatic carbocycles. The second-order valence-corrected chi connectivity index (χ2v) is 12.5. The molecule has 0 N–H and O–H groups in total. The summed E-state index contributed by atoms with van der Waals surface area (Å²) in [5.74, 6) is 0.835. The van der Waals surface area contributed by atoms with Crippen molar-refractivity contribution < 1.29 is 9.59 Å². The number of nitrogens with zero attached hydrogens (tertiary/aromatic N) is 2. The Balaban J connectivity index is 1.23. The summed E-state index contributed by atoms with van der Waals surface area (Å²) in [6, 6.07) is 20.9. The molecule has 2 fully saturated rings. The minimum absolute atomic E-state index is 0.00670. The number of hydrogen-bond acceptors (Lipinski definition) is 3. The maximum absolute atomic E-state index is 14.0. The fraction of sp³-hybridized carbons (Fsp3) is 0.371. The molecule has 3 atom stereocenters. The van der Waals surface area contributed by atoms with Crippen LogP contribution in [0.2, 0.25) is 0 Å². The zero-order valence-electron chi connectivity index (χ0n) is 23.3. The van der Waals surface area contributed by atoms with Gasteiger partial charge in [0.05, 0.1) is 17.0 Å². The number of benzene rings is 2. The molecule has 1 saturated carbocycles. The summed E-state index contributed by atoms with van der Waals surface area (Å²) in [4.78, 5) is 33.2. The van der Waals surface area contributed by atoms with E-state index in [1.54, 1.807) is 11.3 Å². The maximum atomic E-state index is 14.0. The van der Waals surface area contributed by atoms with Gasteiger partial charge in [0.15, 0.2) is 0 Å². The topological polar surface area (TPSA) is 40.6 Å². The quantitative estimate of drug-likeness (QED) is 0.277. The number of hydrogen-bond donors (Lipinski definition) is 0. The van der Waals surface area contributed by atoms with Gasteiger partial charge >= 0.3 is 0 Å². The van der Waals surface area contributed by atoms with E-state index in [0.717, 1.165) is 33.7 Å². The van der Waals surface area contributed by atoms with Crippen molar-refractivity contribution in [3.8, 4) is 10.4 Å². The van der Waals surface area contributed by atoms with Gasteiger partial charge in [-0.1, -0.05) is 80.0 Å². The normalized spacial score (nSPS) is 22.8. The molecule has 1 aliphatic carbocycles. The molecule has 0 spiro atoms. The summed E-state index contributed by atoms with van der Waals surface area (Å²) in [5, 5.41) is 0. The first-order valence-electron chi connectivity index (χ1n) is 14.8. The van der Waals surface area contributed by atoms with Crippen LogP contribution in [-0.4, -0.2) is 40.2 Å². The second kappa shape index (κ2) is 11.6. The van der Waals surface area contributed by atoms with Crippen molar-refractivity contribution in [2.45, 2.75) is 75.9 Å². The van der Waals surface area contributed by atoms with Crippen LogP contribution < -0.4 is 0 Å². The van der Waals surface area contributed by atoms with Crippen molar-refractivity contribution in [3.05, 3.63) is 107 Å². The summed E-state index contributed by atoms with van der Waals surface area (Å²) in [6.45, 7) is 6.45. The van der Waals surface area contributed by atoms with E-state index in [4.69, 9.17) is 0 Å². The van der Waals surface area contributed by atoms with E-state index in [1.807, 2.05) is 53.1 Å². The molecule has 1 aromatic heterocycles. The molecule has 5 heteroatoms. The largest absolute Gasteiger partial charge is 0.331 e. The van der Waals surface area contributed by atoms with Crippen LogP contribution in [0.25, 0.3) is 10.4 Å². The lowest BCUT2D eigenvalue weighted by molar-refractivity contribution is 0.0350. The average molecular weight is 551 g/mol. The second-order valence-electron chi connectivity index (χ2n) is 11.4. The SMILES string of the molecule is C=CCN(C(=O)c1ccc(-c2ccc(C3CCCCC3)cc2)s1)[C@H]1C[C@@H](/C=C/C)N2C(=O)c3ccccc3[C@@H]2C1. The monoisotopic (exact) mass is 550 g/mol. The van der Waals surface area contributed by atoms with Gasteiger partial charge in [0.2, 0.25) is 0 Å². The third-order valence-electron chi connectivity index (χ3n) is 9.02. The number of thiophene rings is 1. The van der Waals surface area contributed by atoms with E-state index < -0.39 is 0 Å². The van der Waals surface area contributed by atoms with Crippen molar-refractivity contribution in [2.24, 2.45) is 0 Å². The lowest BCUT2D eigenvalue weighted by Gasteiger charge is -2.44. The van der Waals surface area contributed by atoms with Gasteiger partial charge in [-0.2, -0.15) is 0 Å². The number of amides is 2. The van der Waals surface area contributed by atoms with E-state index >= 15 is 0 Å². The third-order valence-corrected chi connectivity index (χ3v) is 10.1. The molecule has 2 amide bonds. The van der Waals surface area contributed by atoms with Gasteiger partial charge in [-0.3, -0.25) is 9.59 Å². The van der Waals surface area contributed by atoms with Gasteiger partial charge in [-0.05, 0) is 73.4 Å². The molecule has 1 saturated heterocycles. The molecule has 0 bridgehead atoms. The van der Waals surface area contributed by atoms with Crippen LogP contribution in [0.3, 0.4) is 0 Å². The highest BCUT2D eigenvalue weighted by atomic mass is 32.1. The number of rotatable bonds is 7. The predicted molar refractivity (Wildman–Crippen MR) is 164 cm³/mol.